The number of benzene rings is 1. The van der Waals surface area contributed by atoms with Gasteiger partial charge in [0, 0.05) is 17.0 Å². The Labute approximate surface area is 190 Å². The summed E-state index contributed by atoms with van der Waals surface area (Å²) in [4.78, 5) is 26.0. The van der Waals surface area contributed by atoms with Crippen LogP contribution in [0.1, 0.15) is 50.9 Å². The van der Waals surface area contributed by atoms with E-state index in [1.54, 1.807) is 31.2 Å². The van der Waals surface area contributed by atoms with Crippen molar-refractivity contribution in [2.24, 2.45) is 0 Å². The number of fused-ring (bicyclic) bond motifs is 1. The first-order valence-electron chi connectivity index (χ1n) is 10.5. The highest BCUT2D eigenvalue weighted by molar-refractivity contribution is 7.90. The van der Waals surface area contributed by atoms with Crippen LogP contribution in [0.4, 0.5) is 5.00 Å². The zero-order valence-electron chi connectivity index (χ0n) is 17.7. The molecule has 8 nitrogen and oxygen atoms in total. The van der Waals surface area contributed by atoms with Crippen LogP contribution in [0, 0.1) is 0 Å². The monoisotopic (exact) mass is 479 g/mol. The van der Waals surface area contributed by atoms with Gasteiger partial charge in [-0.1, -0.05) is 0 Å². The SMILES string of the molecule is CCOC(=O)c1c(NC(=O)c2ccc(OCC3CCCO3)cc2)sc2c1CCS(=O)(=O)C2. The highest BCUT2D eigenvalue weighted by Gasteiger charge is 2.32. The minimum absolute atomic E-state index is 0.0239. The Balaban J connectivity index is 1.49. The van der Waals surface area contributed by atoms with E-state index in [1.807, 2.05) is 0 Å². The Morgan fingerprint density at radius 1 is 1.25 bits per heavy atom. The number of ether oxygens (including phenoxy) is 3. The highest BCUT2D eigenvalue weighted by Crippen LogP contribution is 2.38. The molecule has 0 radical (unpaired) electrons. The Kier molecular flexibility index (Phi) is 6.82. The molecule has 1 unspecified atom stereocenters. The molecule has 0 aliphatic carbocycles. The molecule has 2 aliphatic rings. The summed E-state index contributed by atoms with van der Waals surface area (Å²) in [5.41, 5.74) is 1.30. The molecule has 2 aromatic rings. The van der Waals surface area contributed by atoms with Crippen molar-refractivity contribution in [2.75, 3.05) is 30.9 Å². The smallest absolute Gasteiger partial charge is 0.341 e. The average molecular weight is 480 g/mol. The summed E-state index contributed by atoms with van der Waals surface area (Å²) in [7, 11) is -3.21. The molecule has 1 amide bonds. The van der Waals surface area contributed by atoms with Gasteiger partial charge in [-0.15, -0.1) is 11.3 Å². The average Bonchev–Trinajstić information content (AvgIpc) is 3.39. The van der Waals surface area contributed by atoms with Crippen LogP contribution in [0.25, 0.3) is 0 Å². The third-order valence-electron chi connectivity index (χ3n) is 5.39. The Morgan fingerprint density at radius 2 is 2.03 bits per heavy atom. The summed E-state index contributed by atoms with van der Waals surface area (Å²) < 4.78 is 40.5. The van der Waals surface area contributed by atoms with E-state index < -0.39 is 21.7 Å². The van der Waals surface area contributed by atoms with Gasteiger partial charge in [-0.3, -0.25) is 4.79 Å². The maximum absolute atomic E-state index is 12.8. The van der Waals surface area contributed by atoms with Crippen molar-refractivity contribution in [3.05, 3.63) is 45.8 Å². The summed E-state index contributed by atoms with van der Waals surface area (Å²) >= 11 is 1.12. The van der Waals surface area contributed by atoms with Crippen LogP contribution in [0.3, 0.4) is 0 Å². The van der Waals surface area contributed by atoms with Gasteiger partial charge >= 0.3 is 5.97 Å². The van der Waals surface area contributed by atoms with Gasteiger partial charge in [0.2, 0.25) is 0 Å². The molecular formula is C22H25NO7S2. The van der Waals surface area contributed by atoms with Crippen LogP contribution < -0.4 is 10.1 Å². The van der Waals surface area contributed by atoms with Crippen LogP contribution in [0.5, 0.6) is 5.75 Å². The van der Waals surface area contributed by atoms with Gasteiger partial charge < -0.3 is 19.5 Å². The quantitative estimate of drug-likeness (QED) is 0.608. The molecule has 1 saturated heterocycles. The van der Waals surface area contributed by atoms with Crippen LogP contribution in [0.2, 0.25) is 0 Å². The van der Waals surface area contributed by atoms with E-state index in [0.29, 0.717) is 33.4 Å². The predicted octanol–water partition coefficient (Wildman–Crippen LogP) is 3.21. The van der Waals surface area contributed by atoms with Crippen molar-refractivity contribution < 1.29 is 32.2 Å². The molecule has 1 aromatic carbocycles. The van der Waals surface area contributed by atoms with E-state index >= 15 is 0 Å². The number of carbonyl (C=O) groups is 2. The first-order chi connectivity index (χ1) is 15.4. The number of hydrogen-bond donors (Lipinski definition) is 1. The van der Waals surface area contributed by atoms with Gasteiger partial charge in [-0.25, -0.2) is 13.2 Å². The van der Waals surface area contributed by atoms with Gasteiger partial charge in [-0.2, -0.15) is 0 Å². The Hall–Kier alpha value is -2.43. The van der Waals surface area contributed by atoms with Gasteiger partial charge in [0.1, 0.15) is 17.4 Å². The molecule has 3 heterocycles. The standard InChI is InChI=1S/C22H25NO7S2/c1-2-28-22(25)19-17-9-11-32(26,27)13-18(17)31-21(19)23-20(24)14-5-7-15(8-6-14)30-12-16-4-3-10-29-16/h5-8,16H,2-4,9-13H2,1H3,(H,23,24). The lowest BCUT2D eigenvalue weighted by Crippen LogP contribution is -2.20. The molecule has 172 valence electrons. The summed E-state index contributed by atoms with van der Waals surface area (Å²) in [5, 5.41) is 3.08. The molecule has 0 saturated carbocycles. The number of sulfone groups is 1. The fourth-order valence-electron chi connectivity index (χ4n) is 3.77. The lowest BCUT2D eigenvalue weighted by Gasteiger charge is -2.13. The third kappa shape index (κ3) is 5.13. The zero-order valence-corrected chi connectivity index (χ0v) is 19.4. The second kappa shape index (κ2) is 9.60. The summed E-state index contributed by atoms with van der Waals surface area (Å²) in [6.45, 7) is 3.11. The minimum atomic E-state index is -3.21. The number of hydrogen-bond acceptors (Lipinski definition) is 8. The van der Waals surface area contributed by atoms with Gasteiger partial charge in [-0.05, 0) is 56.0 Å². The second-order valence-electron chi connectivity index (χ2n) is 7.69. The Morgan fingerprint density at radius 3 is 2.72 bits per heavy atom. The zero-order chi connectivity index (χ0) is 22.7. The molecule has 0 spiro atoms. The number of anilines is 1. The van der Waals surface area contributed by atoms with Gasteiger partial charge in [0.15, 0.2) is 9.84 Å². The van der Waals surface area contributed by atoms with E-state index in [-0.39, 0.29) is 36.2 Å². The fraction of sp³-hybridized carbons (Fsp3) is 0.455. The van der Waals surface area contributed by atoms with Crippen molar-refractivity contribution in [3.63, 3.8) is 0 Å². The van der Waals surface area contributed by atoms with Crippen molar-refractivity contribution in [3.8, 4) is 5.75 Å². The van der Waals surface area contributed by atoms with Crippen molar-refractivity contribution >= 4 is 38.1 Å². The molecule has 1 atom stereocenters. The molecule has 4 rings (SSSR count). The third-order valence-corrected chi connectivity index (χ3v) is 8.27. The van der Waals surface area contributed by atoms with E-state index in [9.17, 15) is 18.0 Å². The summed E-state index contributed by atoms with van der Waals surface area (Å²) in [6, 6.07) is 6.70. The topological polar surface area (TPSA) is 108 Å². The number of esters is 1. The molecule has 1 fully saturated rings. The maximum atomic E-state index is 12.8. The highest BCUT2D eigenvalue weighted by atomic mass is 32.2. The van der Waals surface area contributed by atoms with Crippen molar-refractivity contribution in [1.29, 1.82) is 0 Å². The first kappa shape index (κ1) is 22.8. The molecule has 2 aliphatic heterocycles. The van der Waals surface area contributed by atoms with E-state index in [0.717, 1.165) is 30.8 Å². The number of thiophene rings is 1. The van der Waals surface area contributed by atoms with E-state index in [1.165, 1.54) is 0 Å². The van der Waals surface area contributed by atoms with Crippen LogP contribution in [-0.4, -0.2) is 52.0 Å². The second-order valence-corrected chi connectivity index (χ2v) is 11.0. The summed E-state index contributed by atoms with van der Waals surface area (Å²) in [5.74, 6) is -0.475. The van der Waals surface area contributed by atoms with Crippen LogP contribution in [-0.2, 0) is 31.5 Å². The van der Waals surface area contributed by atoms with Crippen LogP contribution >= 0.6 is 11.3 Å². The summed E-state index contributed by atoms with van der Waals surface area (Å²) in [6.07, 6.45) is 2.36. The number of nitrogens with one attached hydrogen (secondary N) is 1. The van der Waals surface area contributed by atoms with Crippen molar-refractivity contribution in [2.45, 2.75) is 38.0 Å². The molecule has 1 N–H and O–H groups in total. The number of carbonyl (C=O) groups excluding carboxylic acids is 2. The maximum Gasteiger partial charge on any atom is 0.341 e. The van der Waals surface area contributed by atoms with E-state index in [4.69, 9.17) is 14.2 Å². The van der Waals surface area contributed by atoms with Crippen molar-refractivity contribution in [1.82, 2.24) is 0 Å². The van der Waals surface area contributed by atoms with Gasteiger partial charge in [0.05, 0.1) is 29.8 Å². The fourth-order valence-corrected chi connectivity index (χ4v) is 6.81. The lowest BCUT2D eigenvalue weighted by molar-refractivity contribution is 0.0526. The molecular weight excluding hydrogens is 454 g/mol. The molecule has 10 heteroatoms. The normalized spacial score (nSPS) is 19.2. The molecule has 0 bridgehead atoms. The Bertz CT molecular complexity index is 1100. The van der Waals surface area contributed by atoms with E-state index in [2.05, 4.69) is 5.32 Å². The number of rotatable bonds is 7. The first-order valence-corrected chi connectivity index (χ1v) is 13.2. The van der Waals surface area contributed by atoms with Gasteiger partial charge in [0.25, 0.3) is 5.91 Å². The molecule has 32 heavy (non-hydrogen) atoms. The minimum Gasteiger partial charge on any atom is -0.491 e. The lowest BCUT2D eigenvalue weighted by atomic mass is 10.1. The predicted molar refractivity (Wildman–Crippen MR) is 120 cm³/mol. The number of amides is 1. The van der Waals surface area contributed by atoms with Crippen LogP contribution in [0.15, 0.2) is 24.3 Å². The molecule has 1 aromatic heterocycles. The largest absolute Gasteiger partial charge is 0.491 e.